The second-order valence-electron chi connectivity index (χ2n) is 5.82. The SMILES string of the molecule is C[C@H](Oc1ccccc1F)C(=O)NNC(=O)CSc1ccc2c(c1)OCCO2. The van der Waals surface area contributed by atoms with Gasteiger partial charge >= 0.3 is 0 Å². The van der Waals surface area contributed by atoms with E-state index in [-0.39, 0.29) is 11.5 Å². The molecule has 2 N–H and O–H groups in total. The fourth-order valence-electron chi connectivity index (χ4n) is 2.32. The number of hydrogen-bond acceptors (Lipinski definition) is 6. The monoisotopic (exact) mass is 406 g/mol. The summed E-state index contributed by atoms with van der Waals surface area (Å²) in [6.45, 7) is 2.46. The predicted octanol–water partition coefficient (Wildman–Crippen LogP) is 2.30. The van der Waals surface area contributed by atoms with Crippen molar-refractivity contribution in [2.45, 2.75) is 17.9 Å². The number of halogens is 1. The Bertz CT molecular complexity index is 864. The lowest BCUT2D eigenvalue weighted by Crippen LogP contribution is -2.47. The molecule has 0 aliphatic carbocycles. The maximum atomic E-state index is 13.5. The molecule has 1 atom stereocenters. The number of nitrogens with one attached hydrogen (secondary N) is 2. The Balaban J connectivity index is 1.42. The zero-order chi connectivity index (χ0) is 19.9. The van der Waals surface area contributed by atoms with Crippen LogP contribution in [0.3, 0.4) is 0 Å². The number of para-hydroxylation sites is 1. The molecule has 0 saturated heterocycles. The molecule has 0 unspecified atom stereocenters. The number of hydrogen-bond donors (Lipinski definition) is 2. The topological polar surface area (TPSA) is 85.9 Å². The first-order valence-corrected chi connectivity index (χ1v) is 9.54. The predicted molar refractivity (Wildman–Crippen MR) is 101 cm³/mol. The Hall–Kier alpha value is -2.94. The van der Waals surface area contributed by atoms with Gasteiger partial charge in [0.05, 0.1) is 5.75 Å². The summed E-state index contributed by atoms with van der Waals surface area (Å²) in [5.41, 5.74) is 4.57. The van der Waals surface area contributed by atoms with Crippen LogP contribution in [-0.2, 0) is 9.59 Å². The summed E-state index contributed by atoms with van der Waals surface area (Å²) in [5.74, 6) is -0.192. The van der Waals surface area contributed by atoms with Crippen LogP contribution in [0.25, 0.3) is 0 Å². The van der Waals surface area contributed by atoms with Crippen LogP contribution in [0.4, 0.5) is 4.39 Å². The quantitative estimate of drug-likeness (QED) is 0.566. The van der Waals surface area contributed by atoms with Crippen LogP contribution in [0.15, 0.2) is 47.4 Å². The standard InChI is InChI=1S/C19H19FN2O5S/c1-12(27-15-5-3-2-4-14(15)20)19(24)22-21-18(23)11-28-13-6-7-16-17(10-13)26-9-8-25-16/h2-7,10,12H,8-9,11H2,1H3,(H,21,23)(H,22,24)/t12-/m0/s1. The first kappa shape index (κ1) is 19.8. The minimum absolute atomic E-state index is 0.0364. The number of benzene rings is 2. The normalized spacial score (nSPS) is 13.4. The highest BCUT2D eigenvalue weighted by atomic mass is 32.2. The van der Waals surface area contributed by atoms with Crippen molar-refractivity contribution in [3.05, 3.63) is 48.3 Å². The van der Waals surface area contributed by atoms with E-state index in [0.717, 1.165) is 4.90 Å². The Morgan fingerprint density at radius 1 is 1.14 bits per heavy atom. The lowest BCUT2D eigenvalue weighted by Gasteiger charge is -2.18. The van der Waals surface area contributed by atoms with Crippen LogP contribution in [-0.4, -0.2) is 36.9 Å². The Morgan fingerprint density at radius 2 is 1.89 bits per heavy atom. The van der Waals surface area contributed by atoms with E-state index in [2.05, 4.69) is 10.9 Å². The smallest absolute Gasteiger partial charge is 0.279 e. The summed E-state index contributed by atoms with van der Waals surface area (Å²) in [4.78, 5) is 24.8. The Labute approximate surface area is 165 Å². The highest BCUT2D eigenvalue weighted by molar-refractivity contribution is 8.00. The van der Waals surface area contributed by atoms with E-state index in [9.17, 15) is 14.0 Å². The van der Waals surface area contributed by atoms with Crippen molar-refractivity contribution < 1.29 is 28.2 Å². The fraction of sp³-hybridized carbons (Fsp3) is 0.263. The number of fused-ring (bicyclic) bond motifs is 1. The minimum Gasteiger partial charge on any atom is -0.486 e. The lowest BCUT2D eigenvalue weighted by atomic mass is 10.3. The second-order valence-corrected chi connectivity index (χ2v) is 6.87. The molecule has 2 aromatic carbocycles. The van der Waals surface area contributed by atoms with E-state index in [1.807, 2.05) is 6.07 Å². The second kappa shape index (κ2) is 9.32. The zero-order valence-electron chi connectivity index (χ0n) is 15.1. The molecule has 1 aliphatic rings. The summed E-state index contributed by atoms with van der Waals surface area (Å²) < 4.78 is 29.7. The van der Waals surface area contributed by atoms with Gasteiger partial charge in [-0.25, -0.2) is 4.39 Å². The van der Waals surface area contributed by atoms with E-state index in [1.165, 1.54) is 36.9 Å². The first-order chi connectivity index (χ1) is 13.5. The van der Waals surface area contributed by atoms with Crippen LogP contribution in [0, 0.1) is 5.82 Å². The number of carbonyl (C=O) groups excluding carboxylic acids is 2. The number of hydrazine groups is 1. The van der Waals surface area contributed by atoms with E-state index in [1.54, 1.807) is 18.2 Å². The molecule has 28 heavy (non-hydrogen) atoms. The van der Waals surface area contributed by atoms with Crippen molar-refractivity contribution in [1.82, 2.24) is 10.9 Å². The van der Waals surface area contributed by atoms with E-state index in [4.69, 9.17) is 14.2 Å². The van der Waals surface area contributed by atoms with Crippen molar-refractivity contribution in [2.75, 3.05) is 19.0 Å². The molecular formula is C19H19FN2O5S. The Morgan fingerprint density at radius 3 is 2.68 bits per heavy atom. The van der Waals surface area contributed by atoms with Gasteiger partial charge < -0.3 is 14.2 Å². The number of amides is 2. The number of rotatable bonds is 6. The van der Waals surface area contributed by atoms with Crippen LogP contribution >= 0.6 is 11.8 Å². The van der Waals surface area contributed by atoms with Gasteiger partial charge in [0, 0.05) is 4.90 Å². The molecule has 148 valence electrons. The molecule has 1 heterocycles. The maximum absolute atomic E-state index is 13.5. The van der Waals surface area contributed by atoms with Crippen LogP contribution in [0.2, 0.25) is 0 Å². The highest BCUT2D eigenvalue weighted by Crippen LogP contribution is 2.34. The molecule has 0 aromatic heterocycles. The number of carbonyl (C=O) groups is 2. The number of ether oxygens (including phenoxy) is 3. The van der Waals surface area contributed by atoms with Gasteiger partial charge in [0.1, 0.15) is 13.2 Å². The molecule has 0 saturated carbocycles. The summed E-state index contributed by atoms with van der Waals surface area (Å²) in [5, 5.41) is 0. The van der Waals surface area contributed by atoms with Crippen LogP contribution < -0.4 is 25.1 Å². The highest BCUT2D eigenvalue weighted by Gasteiger charge is 2.17. The average molecular weight is 406 g/mol. The lowest BCUT2D eigenvalue weighted by molar-refractivity contribution is -0.132. The van der Waals surface area contributed by atoms with Crippen molar-refractivity contribution >= 4 is 23.6 Å². The minimum atomic E-state index is -0.984. The zero-order valence-corrected chi connectivity index (χ0v) is 15.9. The van der Waals surface area contributed by atoms with E-state index >= 15 is 0 Å². The molecule has 2 amide bonds. The van der Waals surface area contributed by atoms with Gasteiger partial charge in [-0.1, -0.05) is 12.1 Å². The van der Waals surface area contributed by atoms with E-state index in [0.29, 0.717) is 24.7 Å². The fourth-order valence-corrected chi connectivity index (χ4v) is 3.04. The average Bonchev–Trinajstić information content (AvgIpc) is 2.71. The van der Waals surface area contributed by atoms with Gasteiger partial charge in [-0.2, -0.15) is 0 Å². The molecule has 9 heteroatoms. The largest absolute Gasteiger partial charge is 0.486 e. The first-order valence-electron chi connectivity index (χ1n) is 8.55. The van der Waals surface area contributed by atoms with Crippen molar-refractivity contribution in [3.8, 4) is 17.2 Å². The third-order valence-corrected chi connectivity index (χ3v) is 4.71. The van der Waals surface area contributed by atoms with Gasteiger partial charge in [0.25, 0.3) is 5.91 Å². The van der Waals surface area contributed by atoms with Gasteiger partial charge in [0.2, 0.25) is 5.91 Å². The molecule has 0 spiro atoms. The third-order valence-electron chi connectivity index (χ3n) is 3.72. The van der Waals surface area contributed by atoms with Crippen LogP contribution in [0.1, 0.15) is 6.92 Å². The summed E-state index contributed by atoms with van der Waals surface area (Å²) in [6.07, 6.45) is -0.984. The maximum Gasteiger partial charge on any atom is 0.279 e. The van der Waals surface area contributed by atoms with Crippen LogP contribution in [0.5, 0.6) is 17.2 Å². The van der Waals surface area contributed by atoms with E-state index < -0.39 is 23.7 Å². The van der Waals surface area contributed by atoms with Gasteiger partial charge in [-0.15, -0.1) is 11.8 Å². The molecule has 7 nitrogen and oxygen atoms in total. The summed E-state index contributed by atoms with van der Waals surface area (Å²) in [6, 6.07) is 11.2. The van der Waals surface area contributed by atoms with Gasteiger partial charge in [0.15, 0.2) is 29.2 Å². The van der Waals surface area contributed by atoms with Gasteiger partial charge in [-0.3, -0.25) is 20.4 Å². The summed E-state index contributed by atoms with van der Waals surface area (Å²) >= 11 is 1.29. The van der Waals surface area contributed by atoms with Crippen molar-refractivity contribution in [3.63, 3.8) is 0 Å². The van der Waals surface area contributed by atoms with Crippen molar-refractivity contribution in [1.29, 1.82) is 0 Å². The number of thioether (sulfide) groups is 1. The molecule has 1 aliphatic heterocycles. The summed E-state index contributed by atoms with van der Waals surface area (Å²) in [7, 11) is 0. The molecule has 0 bridgehead atoms. The molecule has 2 aromatic rings. The Kier molecular flexibility index (Phi) is 6.59. The van der Waals surface area contributed by atoms with Crippen molar-refractivity contribution in [2.24, 2.45) is 0 Å². The van der Waals surface area contributed by atoms with Gasteiger partial charge in [-0.05, 0) is 37.3 Å². The molecule has 3 rings (SSSR count). The molecule has 0 radical (unpaired) electrons. The molecule has 0 fully saturated rings. The molecular weight excluding hydrogens is 387 g/mol. The third kappa shape index (κ3) is 5.29.